The first-order valence-corrected chi connectivity index (χ1v) is 19.6. The second-order valence-electron chi connectivity index (χ2n) is 14.1. The molecule has 11 rings (SSSR count). The third kappa shape index (κ3) is 5.16. The van der Waals surface area contributed by atoms with Gasteiger partial charge in [0.15, 0.2) is 0 Å². The van der Waals surface area contributed by atoms with Gasteiger partial charge in [-0.15, -0.1) is 11.3 Å². The van der Waals surface area contributed by atoms with Gasteiger partial charge in [0.05, 0.1) is 22.1 Å². The van der Waals surface area contributed by atoms with Crippen molar-refractivity contribution < 1.29 is 0 Å². The number of hydrogen-bond donors (Lipinski definition) is 0. The van der Waals surface area contributed by atoms with Gasteiger partial charge in [-0.05, 0) is 94.0 Å². The van der Waals surface area contributed by atoms with E-state index in [1.165, 1.54) is 98.1 Å². The molecule has 11 aromatic rings. The Kier molecular flexibility index (Phi) is 7.39. The molecule has 3 heterocycles. The summed E-state index contributed by atoms with van der Waals surface area (Å²) in [6, 6.07) is 74.9. The molecule has 0 unspecified atom stereocenters. The van der Waals surface area contributed by atoms with Crippen LogP contribution in [-0.4, -0.2) is 9.13 Å². The maximum Gasteiger partial charge on any atom is 0.0547 e. The Bertz CT molecular complexity index is 2950. The van der Waals surface area contributed by atoms with E-state index in [0.717, 1.165) is 0 Å². The van der Waals surface area contributed by atoms with Crippen molar-refractivity contribution in [3.63, 3.8) is 0 Å². The molecule has 258 valence electrons. The summed E-state index contributed by atoms with van der Waals surface area (Å²) in [7, 11) is 0. The van der Waals surface area contributed by atoms with E-state index in [-0.39, 0.29) is 0 Å². The lowest BCUT2D eigenvalue weighted by Gasteiger charge is -2.09. The van der Waals surface area contributed by atoms with Crippen molar-refractivity contribution in [3.8, 4) is 54.5 Å². The van der Waals surface area contributed by atoms with Crippen molar-refractivity contribution in [3.05, 3.63) is 206 Å². The quantitative estimate of drug-likeness (QED) is 0.162. The third-order valence-corrected chi connectivity index (χ3v) is 12.2. The SMILES string of the molecule is c1ccc(-n2c3ccccc3c3c(-c4ccc(-c5ccc(-c6ccc(-c7cccc8c7c7ccccc7n8-c7ccccc7)cc6)s5)cc4)cccc32)cc1. The van der Waals surface area contributed by atoms with Crippen LogP contribution in [0.2, 0.25) is 0 Å². The lowest BCUT2D eigenvalue weighted by atomic mass is 9.98. The fourth-order valence-electron chi connectivity index (χ4n) is 8.51. The van der Waals surface area contributed by atoms with E-state index in [1.54, 1.807) is 0 Å². The Morgan fingerprint density at radius 2 is 0.636 bits per heavy atom. The molecule has 2 nitrogen and oxygen atoms in total. The van der Waals surface area contributed by atoms with Crippen LogP contribution in [0.3, 0.4) is 0 Å². The molecule has 0 atom stereocenters. The van der Waals surface area contributed by atoms with Crippen LogP contribution in [0.15, 0.2) is 206 Å². The molecule has 0 fully saturated rings. The highest BCUT2D eigenvalue weighted by atomic mass is 32.1. The Morgan fingerprint density at radius 3 is 1.07 bits per heavy atom. The molecule has 3 aromatic heterocycles. The fourth-order valence-corrected chi connectivity index (χ4v) is 9.52. The van der Waals surface area contributed by atoms with Gasteiger partial charge in [-0.3, -0.25) is 0 Å². The van der Waals surface area contributed by atoms with E-state index < -0.39 is 0 Å². The number of nitrogens with zero attached hydrogens (tertiary/aromatic N) is 2. The first-order chi connectivity index (χ1) is 27.3. The van der Waals surface area contributed by atoms with Crippen LogP contribution in [0.5, 0.6) is 0 Å². The lowest BCUT2D eigenvalue weighted by Crippen LogP contribution is -1.92. The number of aromatic nitrogens is 2. The number of benzene rings is 8. The minimum absolute atomic E-state index is 1.17. The summed E-state index contributed by atoms with van der Waals surface area (Å²) in [5.41, 5.74) is 14.6. The van der Waals surface area contributed by atoms with E-state index in [0.29, 0.717) is 0 Å². The monoisotopic (exact) mass is 718 g/mol. The number of rotatable bonds is 6. The molecule has 0 spiro atoms. The zero-order chi connectivity index (χ0) is 36.3. The van der Waals surface area contributed by atoms with Crippen LogP contribution in [-0.2, 0) is 0 Å². The summed E-state index contributed by atoms with van der Waals surface area (Å²) in [6.45, 7) is 0. The highest BCUT2D eigenvalue weighted by molar-refractivity contribution is 7.18. The second kappa shape index (κ2) is 12.9. The van der Waals surface area contributed by atoms with Gasteiger partial charge >= 0.3 is 0 Å². The highest BCUT2D eigenvalue weighted by Gasteiger charge is 2.18. The zero-order valence-corrected chi connectivity index (χ0v) is 30.7. The largest absolute Gasteiger partial charge is 0.309 e. The molecule has 0 bridgehead atoms. The van der Waals surface area contributed by atoms with Crippen molar-refractivity contribution in [2.24, 2.45) is 0 Å². The van der Waals surface area contributed by atoms with Crippen LogP contribution < -0.4 is 0 Å². The average molecular weight is 719 g/mol. The molecule has 0 aliphatic carbocycles. The van der Waals surface area contributed by atoms with Gasteiger partial charge in [0.25, 0.3) is 0 Å². The van der Waals surface area contributed by atoms with E-state index in [1.807, 2.05) is 11.3 Å². The van der Waals surface area contributed by atoms with Crippen molar-refractivity contribution >= 4 is 54.9 Å². The number of para-hydroxylation sites is 4. The van der Waals surface area contributed by atoms with E-state index >= 15 is 0 Å². The predicted octanol–water partition coefficient (Wildman–Crippen LogP) is 14.6. The number of hydrogen-bond acceptors (Lipinski definition) is 1. The second-order valence-corrected chi connectivity index (χ2v) is 15.2. The topological polar surface area (TPSA) is 9.86 Å². The molecule has 0 amide bonds. The Balaban J connectivity index is 0.916. The molecule has 0 saturated heterocycles. The summed E-state index contributed by atoms with van der Waals surface area (Å²) in [6.07, 6.45) is 0. The Morgan fingerprint density at radius 1 is 0.273 bits per heavy atom. The normalized spacial score (nSPS) is 11.6. The van der Waals surface area contributed by atoms with Gasteiger partial charge in [0.1, 0.15) is 0 Å². The highest BCUT2D eigenvalue weighted by Crippen LogP contribution is 2.42. The van der Waals surface area contributed by atoms with Crippen LogP contribution >= 0.6 is 11.3 Å². The first-order valence-electron chi connectivity index (χ1n) is 18.8. The van der Waals surface area contributed by atoms with Crippen molar-refractivity contribution in [1.82, 2.24) is 9.13 Å². The van der Waals surface area contributed by atoms with Gasteiger partial charge in [-0.1, -0.05) is 146 Å². The molecule has 0 aliphatic rings. The Hall–Kier alpha value is -6.94. The molecule has 55 heavy (non-hydrogen) atoms. The van der Waals surface area contributed by atoms with Gasteiger partial charge in [-0.25, -0.2) is 0 Å². The van der Waals surface area contributed by atoms with Crippen molar-refractivity contribution in [2.45, 2.75) is 0 Å². The maximum absolute atomic E-state index is 2.38. The number of fused-ring (bicyclic) bond motifs is 6. The van der Waals surface area contributed by atoms with Gasteiger partial charge in [-0.2, -0.15) is 0 Å². The van der Waals surface area contributed by atoms with Crippen LogP contribution in [0.25, 0.3) is 98.1 Å². The lowest BCUT2D eigenvalue weighted by molar-refractivity contribution is 1.18. The summed E-state index contributed by atoms with van der Waals surface area (Å²) >= 11 is 1.85. The Labute approximate surface area is 323 Å². The first kappa shape index (κ1) is 31.6. The standard InChI is InChI=1S/C52H34N2S/c1-3-13-39(14-4-1)53-45-21-9-7-17-43(45)51-41(19-11-23-47(51)53)35-25-29-37(30-26-35)49-33-34-50(55-49)38-31-27-36(28-32-38)42-20-12-24-48-52(42)44-18-8-10-22-46(44)54(48)40-15-5-2-6-16-40/h1-34H. The van der Waals surface area contributed by atoms with E-state index in [4.69, 9.17) is 0 Å². The van der Waals surface area contributed by atoms with Gasteiger partial charge in [0, 0.05) is 42.7 Å². The average Bonchev–Trinajstić information content (AvgIpc) is 3.98. The molecular formula is C52H34N2S. The summed E-state index contributed by atoms with van der Waals surface area (Å²) < 4.78 is 4.76. The molecule has 0 aliphatic heterocycles. The maximum atomic E-state index is 2.38. The predicted molar refractivity (Wildman–Crippen MR) is 235 cm³/mol. The van der Waals surface area contributed by atoms with Crippen LogP contribution in [0.1, 0.15) is 0 Å². The smallest absolute Gasteiger partial charge is 0.0547 e. The molecule has 3 heteroatoms. The van der Waals surface area contributed by atoms with Crippen molar-refractivity contribution in [1.29, 1.82) is 0 Å². The molecule has 0 radical (unpaired) electrons. The summed E-state index contributed by atoms with van der Waals surface area (Å²) in [5, 5.41) is 5.11. The molecule has 8 aromatic carbocycles. The minimum Gasteiger partial charge on any atom is -0.309 e. The van der Waals surface area contributed by atoms with Crippen molar-refractivity contribution in [2.75, 3.05) is 0 Å². The summed E-state index contributed by atoms with van der Waals surface area (Å²) in [5.74, 6) is 0. The molecule has 0 saturated carbocycles. The van der Waals surface area contributed by atoms with Gasteiger partial charge < -0.3 is 9.13 Å². The van der Waals surface area contributed by atoms with E-state index in [2.05, 4.69) is 215 Å². The van der Waals surface area contributed by atoms with Crippen LogP contribution in [0, 0.1) is 0 Å². The zero-order valence-electron chi connectivity index (χ0n) is 29.9. The number of thiophene rings is 1. The van der Waals surface area contributed by atoms with E-state index in [9.17, 15) is 0 Å². The molecular weight excluding hydrogens is 685 g/mol. The molecule has 0 N–H and O–H groups in total. The fraction of sp³-hybridized carbons (Fsp3) is 0. The minimum atomic E-state index is 1.17. The third-order valence-electron chi connectivity index (χ3n) is 11.0. The van der Waals surface area contributed by atoms with Crippen LogP contribution in [0.4, 0.5) is 0 Å². The summed E-state index contributed by atoms with van der Waals surface area (Å²) in [4.78, 5) is 2.53. The van der Waals surface area contributed by atoms with Gasteiger partial charge in [0.2, 0.25) is 0 Å².